The summed E-state index contributed by atoms with van der Waals surface area (Å²) in [6.07, 6.45) is 2.20. The molecule has 0 bridgehead atoms. The molecule has 1 aromatic heterocycles. The lowest BCUT2D eigenvalue weighted by atomic mass is 10.00. The zero-order valence-electron chi connectivity index (χ0n) is 15.8. The van der Waals surface area contributed by atoms with E-state index in [0.717, 1.165) is 34.3 Å². The Kier molecular flexibility index (Phi) is 3.86. The molecule has 0 radical (unpaired) electrons. The Morgan fingerprint density at radius 1 is 0.964 bits per heavy atom. The third kappa shape index (κ3) is 2.81. The second kappa shape index (κ2) is 6.53. The van der Waals surface area contributed by atoms with Crippen LogP contribution >= 0.6 is 0 Å². The second-order valence-corrected chi connectivity index (χ2v) is 6.91. The molecule has 0 aliphatic carbocycles. The van der Waals surface area contributed by atoms with Crippen LogP contribution in [-0.2, 0) is 0 Å². The number of hydrogen-bond acceptors (Lipinski definition) is 4. The number of hydrogen-bond donors (Lipinski definition) is 1. The van der Waals surface area contributed by atoms with Gasteiger partial charge in [-0.05, 0) is 53.1 Å². The molecular formula is C23H20N4O. The summed E-state index contributed by atoms with van der Waals surface area (Å²) in [6, 6.07) is 23.0. The topological polar surface area (TPSA) is 52.0 Å². The monoisotopic (exact) mass is 368 g/mol. The minimum Gasteiger partial charge on any atom is -0.497 e. The fourth-order valence-corrected chi connectivity index (χ4v) is 3.66. The van der Waals surface area contributed by atoms with Gasteiger partial charge in [-0.3, -0.25) is 0 Å². The quantitative estimate of drug-likeness (QED) is 0.564. The maximum atomic E-state index is 5.30. The van der Waals surface area contributed by atoms with Crippen molar-refractivity contribution in [2.45, 2.75) is 13.0 Å². The van der Waals surface area contributed by atoms with Crippen LogP contribution in [0, 0.1) is 6.92 Å². The van der Waals surface area contributed by atoms with Crippen molar-refractivity contribution in [2.24, 2.45) is 0 Å². The fraction of sp³-hybridized carbons (Fsp3) is 0.130. The molecule has 4 aromatic rings. The predicted octanol–water partition coefficient (Wildman–Crippen LogP) is 4.80. The molecule has 0 saturated heterocycles. The average Bonchev–Trinajstić information content (AvgIpc) is 3.13. The molecule has 1 aliphatic heterocycles. The van der Waals surface area contributed by atoms with E-state index in [9.17, 15) is 0 Å². The van der Waals surface area contributed by atoms with Gasteiger partial charge in [-0.15, -0.1) is 0 Å². The van der Waals surface area contributed by atoms with E-state index in [0.29, 0.717) is 0 Å². The van der Waals surface area contributed by atoms with E-state index in [-0.39, 0.29) is 6.04 Å². The number of aryl methyl sites for hydroxylation is 1. The minimum absolute atomic E-state index is 0.0372. The zero-order valence-corrected chi connectivity index (χ0v) is 15.8. The molecule has 5 rings (SSSR count). The van der Waals surface area contributed by atoms with Crippen LogP contribution in [0.1, 0.15) is 23.0 Å². The van der Waals surface area contributed by atoms with Gasteiger partial charge in [0.05, 0.1) is 7.11 Å². The van der Waals surface area contributed by atoms with Crippen molar-refractivity contribution in [1.82, 2.24) is 14.8 Å². The Labute approximate surface area is 163 Å². The molecule has 2 heterocycles. The van der Waals surface area contributed by atoms with Crippen LogP contribution in [-0.4, -0.2) is 21.9 Å². The summed E-state index contributed by atoms with van der Waals surface area (Å²) in [4.78, 5) is 4.57. The first-order chi connectivity index (χ1) is 13.7. The third-order valence-electron chi connectivity index (χ3n) is 5.09. The molecule has 3 aromatic carbocycles. The number of aromatic nitrogens is 3. The van der Waals surface area contributed by atoms with E-state index >= 15 is 0 Å². The molecule has 0 saturated carbocycles. The van der Waals surface area contributed by atoms with Crippen molar-refractivity contribution in [2.75, 3.05) is 12.4 Å². The Balaban J connectivity index is 1.61. The number of nitrogens with one attached hydrogen (secondary N) is 1. The number of allylic oxidation sites excluding steroid dienone is 1. The fourth-order valence-electron chi connectivity index (χ4n) is 3.66. The first kappa shape index (κ1) is 16.6. The number of anilines is 1. The van der Waals surface area contributed by atoms with Crippen molar-refractivity contribution in [3.8, 4) is 5.75 Å². The van der Waals surface area contributed by atoms with E-state index in [2.05, 4.69) is 76.1 Å². The van der Waals surface area contributed by atoms with E-state index in [4.69, 9.17) is 4.74 Å². The largest absolute Gasteiger partial charge is 0.497 e. The Morgan fingerprint density at radius 2 is 1.75 bits per heavy atom. The molecule has 0 unspecified atom stereocenters. The maximum absolute atomic E-state index is 5.30. The normalized spacial score (nSPS) is 15.6. The first-order valence-electron chi connectivity index (χ1n) is 9.26. The third-order valence-corrected chi connectivity index (χ3v) is 5.09. The number of benzene rings is 3. The van der Waals surface area contributed by atoms with Crippen LogP contribution in [0.4, 0.5) is 5.95 Å². The number of nitrogens with zero attached hydrogens (tertiary/aromatic N) is 3. The molecule has 0 spiro atoms. The van der Waals surface area contributed by atoms with Crippen molar-refractivity contribution in [3.05, 3.63) is 89.8 Å². The highest BCUT2D eigenvalue weighted by Crippen LogP contribution is 2.33. The molecule has 1 N–H and O–H groups in total. The van der Waals surface area contributed by atoms with Gasteiger partial charge in [-0.25, -0.2) is 4.68 Å². The molecular weight excluding hydrogens is 348 g/mol. The van der Waals surface area contributed by atoms with Crippen LogP contribution in [0.2, 0.25) is 0 Å². The minimum atomic E-state index is -0.0372. The van der Waals surface area contributed by atoms with Crippen LogP contribution in [0.5, 0.6) is 5.75 Å². The highest BCUT2D eigenvalue weighted by molar-refractivity contribution is 5.88. The first-order valence-corrected chi connectivity index (χ1v) is 9.26. The summed E-state index contributed by atoms with van der Waals surface area (Å²) in [7, 11) is 1.68. The van der Waals surface area contributed by atoms with Gasteiger partial charge < -0.3 is 10.1 Å². The van der Waals surface area contributed by atoms with Gasteiger partial charge in [0.1, 0.15) is 17.6 Å². The van der Waals surface area contributed by atoms with Gasteiger partial charge in [0.15, 0.2) is 0 Å². The summed E-state index contributed by atoms with van der Waals surface area (Å²) < 4.78 is 7.23. The summed E-state index contributed by atoms with van der Waals surface area (Å²) in [5, 5.41) is 10.5. The summed E-state index contributed by atoms with van der Waals surface area (Å²) >= 11 is 0. The SMILES string of the molecule is COc1ccc([C@H]2C=C(c3ccc4ccccc4c3)Nc3nc(C)nn32)cc1. The van der Waals surface area contributed by atoms with E-state index in [1.165, 1.54) is 10.8 Å². The lowest BCUT2D eigenvalue weighted by Gasteiger charge is -2.24. The number of rotatable bonds is 3. The van der Waals surface area contributed by atoms with Gasteiger partial charge in [0.2, 0.25) is 5.95 Å². The van der Waals surface area contributed by atoms with Crippen molar-refractivity contribution in [1.29, 1.82) is 0 Å². The second-order valence-electron chi connectivity index (χ2n) is 6.91. The zero-order chi connectivity index (χ0) is 19.1. The maximum Gasteiger partial charge on any atom is 0.226 e. The van der Waals surface area contributed by atoms with Gasteiger partial charge >= 0.3 is 0 Å². The molecule has 1 atom stereocenters. The lowest BCUT2D eigenvalue weighted by molar-refractivity contribution is 0.414. The number of methoxy groups -OCH3 is 1. The van der Waals surface area contributed by atoms with Gasteiger partial charge in [-0.1, -0.05) is 48.5 Å². The average molecular weight is 368 g/mol. The summed E-state index contributed by atoms with van der Waals surface area (Å²) in [6.45, 7) is 1.91. The Hall–Kier alpha value is -3.60. The van der Waals surface area contributed by atoms with Gasteiger partial charge in [-0.2, -0.15) is 10.1 Å². The molecule has 138 valence electrons. The van der Waals surface area contributed by atoms with Crippen molar-refractivity contribution in [3.63, 3.8) is 0 Å². The van der Waals surface area contributed by atoms with Gasteiger partial charge in [0, 0.05) is 5.70 Å². The smallest absolute Gasteiger partial charge is 0.226 e. The predicted molar refractivity (Wildman–Crippen MR) is 111 cm³/mol. The molecule has 5 nitrogen and oxygen atoms in total. The molecule has 5 heteroatoms. The van der Waals surface area contributed by atoms with E-state index in [1.54, 1.807) is 7.11 Å². The number of fused-ring (bicyclic) bond motifs is 2. The standard InChI is InChI=1S/C23H20N4O/c1-15-24-23-25-21(19-8-7-16-5-3-4-6-18(16)13-19)14-22(27(23)26-15)17-9-11-20(28-2)12-10-17/h3-14,22H,1-2H3,(H,24,25,26)/t22-/m1/s1. The molecule has 0 amide bonds. The highest BCUT2D eigenvalue weighted by atomic mass is 16.5. The van der Waals surface area contributed by atoms with Crippen LogP contribution in [0.25, 0.3) is 16.5 Å². The summed E-state index contributed by atoms with van der Waals surface area (Å²) in [5.74, 6) is 2.34. The highest BCUT2D eigenvalue weighted by Gasteiger charge is 2.24. The van der Waals surface area contributed by atoms with Crippen molar-refractivity contribution >= 4 is 22.4 Å². The summed E-state index contributed by atoms with van der Waals surface area (Å²) in [5.41, 5.74) is 3.29. The molecule has 28 heavy (non-hydrogen) atoms. The Morgan fingerprint density at radius 3 is 2.54 bits per heavy atom. The van der Waals surface area contributed by atoms with E-state index in [1.807, 2.05) is 23.7 Å². The Bertz CT molecular complexity index is 1190. The van der Waals surface area contributed by atoms with Crippen LogP contribution in [0.3, 0.4) is 0 Å². The van der Waals surface area contributed by atoms with Crippen LogP contribution in [0.15, 0.2) is 72.8 Å². The van der Waals surface area contributed by atoms with Gasteiger partial charge in [0.25, 0.3) is 0 Å². The molecule has 0 fully saturated rings. The van der Waals surface area contributed by atoms with E-state index < -0.39 is 0 Å². The van der Waals surface area contributed by atoms with Crippen LogP contribution < -0.4 is 10.1 Å². The van der Waals surface area contributed by atoms with Crippen molar-refractivity contribution < 1.29 is 4.74 Å². The number of ether oxygens (including phenoxy) is 1. The lowest BCUT2D eigenvalue weighted by Crippen LogP contribution is -2.20. The molecule has 1 aliphatic rings.